The minimum Gasteiger partial charge on any atom is -0.497 e. The van der Waals surface area contributed by atoms with Crippen LogP contribution >= 0.6 is 0 Å². The van der Waals surface area contributed by atoms with E-state index < -0.39 is 0 Å². The van der Waals surface area contributed by atoms with Crippen LogP contribution in [0.4, 0.5) is 5.69 Å². The summed E-state index contributed by atoms with van der Waals surface area (Å²) in [5.74, 6) is 1.86. The van der Waals surface area contributed by atoms with Crippen molar-refractivity contribution in [3.8, 4) is 5.75 Å². The van der Waals surface area contributed by atoms with Crippen molar-refractivity contribution < 1.29 is 14.3 Å². The Hall–Kier alpha value is -2.08. The van der Waals surface area contributed by atoms with E-state index in [0.717, 1.165) is 63.3 Å². The van der Waals surface area contributed by atoms with E-state index in [1.807, 2.05) is 29.2 Å². The van der Waals surface area contributed by atoms with Crippen LogP contribution in [0.3, 0.4) is 0 Å². The average molecular weight is 386 g/mol. The van der Waals surface area contributed by atoms with Gasteiger partial charge in [-0.25, -0.2) is 0 Å². The molecule has 1 aliphatic heterocycles. The van der Waals surface area contributed by atoms with Gasteiger partial charge in [0.1, 0.15) is 5.75 Å². The summed E-state index contributed by atoms with van der Waals surface area (Å²) in [6.45, 7) is 3.06. The SMILES string of the molecule is COc1ccc(NC(=O)[C@@H](C2CCCC2)N2CCN(C(=O)C3CC3)CC2)cc1. The topological polar surface area (TPSA) is 61.9 Å². The quantitative estimate of drug-likeness (QED) is 0.818. The molecule has 6 nitrogen and oxygen atoms in total. The Morgan fingerprint density at radius 3 is 2.21 bits per heavy atom. The van der Waals surface area contributed by atoms with Crippen molar-refractivity contribution in [2.75, 3.05) is 38.6 Å². The molecule has 28 heavy (non-hydrogen) atoms. The van der Waals surface area contributed by atoms with Gasteiger partial charge in [0.25, 0.3) is 0 Å². The highest BCUT2D eigenvalue weighted by Gasteiger charge is 2.39. The predicted octanol–water partition coefficient (Wildman–Crippen LogP) is 2.75. The van der Waals surface area contributed by atoms with Gasteiger partial charge in [-0.3, -0.25) is 14.5 Å². The summed E-state index contributed by atoms with van der Waals surface area (Å²) in [5.41, 5.74) is 0.802. The zero-order valence-electron chi connectivity index (χ0n) is 16.7. The first kappa shape index (κ1) is 19.2. The van der Waals surface area contributed by atoms with Gasteiger partial charge >= 0.3 is 0 Å². The van der Waals surface area contributed by atoms with Crippen molar-refractivity contribution >= 4 is 17.5 Å². The molecule has 1 aromatic carbocycles. The van der Waals surface area contributed by atoms with E-state index in [9.17, 15) is 9.59 Å². The van der Waals surface area contributed by atoms with Crippen LogP contribution in [0, 0.1) is 11.8 Å². The van der Waals surface area contributed by atoms with Gasteiger partial charge in [-0.1, -0.05) is 12.8 Å². The fraction of sp³-hybridized carbons (Fsp3) is 0.636. The summed E-state index contributed by atoms with van der Waals surface area (Å²) >= 11 is 0. The minimum absolute atomic E-state index is 0.0824. The highest BCUT2D eigenvalue weighted by molar-refractivity contribution is 5.95. The smallest absolute Gasteiger partial charge is 0.242 e. The van der Waals surface area contributed by atoms with E-state index in [1.54, 1.807) is 7.11 Å². The molecule has 2 aliphatic carbocycles. The number of benzene rings is 1. The van der Waals surface area contributed by atoms with Crippen molar-refractivity contribution in [3.05, 3.63) is 24.3 Å². The van der Waals surface area contributed by atoms with E-state index in [4.69, 9.17) is 4.74 Å². The molecule has 6 heteroatoms. The molecule has 2 amide bonds. The van der Waals surface area contributed by atoms with E-state index in [1.165, 1.54) is 12.8 Å². The molecule has 152 valence electrons. The Morgan fingerprint density at radius 2 is 1.64 bits per heavy atom. The molecule has 1 N–H and O–H groups in total. The van der Waals surface area contributed by atoms with Gasteiger partial charge in [0.2, 0.25) is 11.8 Å². The summed E-state index contributed by atoms with van der Waals surface area (Å²) < 4.78 is 5.20. The fourth-order valence-corrected chi connectivity index (χ4v) is 4.65. The second kappa shape index (κ2) is 8.52. The van der Waals surface area contributed by atoms with Crippen molar-refractivity contribution in [2.45, 2.75) is 44.6 Å². The van der Waals surface area contributed by atoms with Crippen LogP contribution in [0.2, 0.25) is 0 Å². The van der Waals surface area contributed by atoms with Crippen LogP contribution in [-0.2, 0) is 9.59 Å². The normalized spacial score (nSPS) is 22.1. The maximum atomic E-state index is 13.2. The van der Waals surface area contributed by atoms with Gasteiger partial charge in [0.05, 0.1) is 13.2 Å². The third-order valence-electron chi connectivity index (χ3n) is 6.42. The number of nitrogens with one attached hydrogen (secondary N) is 1. The number of ether oxygens (including phenoxy) is 1. The lowest BCUT2D eigenvalue weighted by Crippen LogP contribution is -2.57. The Kier molecular flexibility index (Phi) is 5.85. The number of nitrogens with zero attached hydrogens (tertiary/aromatic N) is 2. The molecule has 3 fully saturated rings. The lowest BCUT2D eigenvalue weighted by molar-refractivity contribution is -0.135. The predicted molar refractivity (Wildman–Crippen MR) is 108 cm³/mol. The summed E-state index contributed by atoms with van der Waals surface area (Å²) in [6, 6.07) is 7.39. The Balaban J connectivity index is 1.41. The second-order valence-corrected chi connectivity index (χ2v) is 8.34. The molecular formula is C22H31N3O3. The molecule has 3 aliphatic rings. The number of piperazine rings is 1. The van der Waals surface area contributed by atoms with Crippen LogP contribution in [0.15, 0.2) is 24.3 Å². The molecule has 1 heterocycles. The van der Waals surface area contributed by atoms with Gasteiger partial charge in [0.15, 0.2) is 0 Å². The molecule has 0 unspecified atom stereocenters. The number of hydrogen-bond acceptors (Lipinski definition) is 4. The molecule has 4 rings (SSSR count). The number of hydrogen-bond donors (Lipinski definition) is 1. The highest BCUT2D eigenvalue weighted by atomic mass is 16.5. The Bertz CT molecular complexity index is 687. The first-order valence-corrected chi connectivity index (χ1v) is 10.6. The number of anilines is 1. The van der Waals surface area contributed by atoms with E-state index in [2.05, 4.69) is 10.2 Å². The molecule has 0 radical (unpaired) electrons. The molecule has 1 saturated heterocycles. The van der Waals surface area contributed by atoms with E-state index in [0.29, 0.717) is 11.8 Å². The number of rotatable bonds is 6. The van der Waals surface area contributed by atoms with Gasteiger partial charge in [-0.15, -0.1) is 0 Å². The fourth-order valence-electron chi connectivity index (χ4n) is 4.65. The molecule has 0 spiro atoms. The maximum absolute atomic E-state index is 13.2. The second-order valence-electron chi connectivity index (χ2n) is 8.34. The van der Waals surface area contributed by atoms with Gasteiger partial charge < -0.3 is 15.0 Å². The van der Waals surface area contributed by atoms with Gasteiger partial charge in [-0.05, 0) is 55.9 Å². The number of carbonyl (C=O) groups excluding carboxylic acids is 2. The monoisotopic (exact) mass is 385 g/mol. The summed E-state index contributed by atoms with van der Waals surface area (Å²) in [6.07, 6.45) is 6.74. The van der Waals surface area contributed by atoms with Crippen LogP contribution in [0.1, 0.15) is 38.5 Å². The molecular weight excluding hydrogens is 354 g/mol. The van der Waals surface area contributed by atoms with Crippen LogP contribution < -0.4 is 10.1 Å². The van der Waals surface area contributed by atoms with Crippen molar-refractivity contribution in [2.24, 2.45) is 11.8 Å². The van der Waals surface area contributed by atoms with Crippen LogP contribution in [0.25, 0.3) is 0 Å². The third-order valence-corrected chi connectivity index (χ3v) is 6.42. The Morgan fingerprint density at radius 1 is 1.00 bits per heavy atom. The summed E-state index contributed by atoms with van der Waals surface area (Å²) in [5, 5.41) is 3.11. The lowest BCUT2D eigenvalue weighted by Gasteiger charge is -2.40. The highest BCUT2D eigenvalue weighted by Crippen LogP contribution is 2.33. The van der Waals surface area contributed by atoms with Crippen molar-refractivity contribution in [1.29, 1.82) is 0 Å². The Labute approximate surface area is 167 Å². The summed E-state index contributed by atoms with van der Waals surface area (Å²) in [7, 11) is 1.64. The molecule has 0 aromatic heterocycles. The van der Waals surface area contributed by atoms with E-state index >= 15 is 0 Å². The first-order chi connectivity index (χ1) is 13.7. The van der Waals surface area contributed by atoms with Crippen molar-refractivity contribution in [1.82, 2.24) is 9.80 Å². The molecule has 1 atom stereocenters. The minimum atomic E-state index is -0.109. The average Bonchev–Trinajstić information content (AvgIpc) is 3.45. The first-order valence-electron chi connectivity index (χ1n) is 10.6. The molecule has 2 saturated carbocycles. The summed E-state index contributed by atoms with van der Waals surface area (Å²) in [4.78, 5) is 29.9. The van der Waals surface area contributed by atoms with Gasteiger partial charge in [-0.2, -0.15) is 0 Å². The number of methoxy groups -OCH3 is 1. The van der Waals surface area contributed by atoms with E-state index in [-0.39, 0.29) is 17.9 Å². The lowest BCUT2D eigenvalue weighted by atomic mass is 9.94. The zero-order valence-corrected chi connectivity index (χ0v) is 16.7. The van der Waals surface area contributed by atoms with Gasteiger partial charge in [0, 0.05) is 37.8 Å². The maximum Gasteiger partial charge on any atom is 0.242 e. The standard InChI is InChI=1S/C22H31N3O3/c1-28-19-10-8-18(9-11-19)23-21(26)20(16-4-2-3-5-16)24-12-14-25(15-13-24)22(27)17-6-7-17/h8-11,16-17,20H,2-7,12-15H2,1H3,(H,23,26)/t20-/m1/s1. The third kappa shape index (κ3) is 4.32. The van der Waals surface area contributed by atoms with Crippen LogP contribution in [-0.4, -0.2) is 60.9 Å². The molecule has 0 bridgehead atoms. The zero-order chi connectivity index (χ0) is 19.5. The largest absolute Gasteiger partial charge is 0.497 e. The number of carbonyl (C=O) groups is 2. The van der Waals surface area contributed by atoms with Crippen LogP contribution in [0.5, 0.6) is 5.75 Å². The number of amides is 2. The van der Waals surface area contributed by atoms with Crippen molar-refractivity contribution in [3.63, 3.8) is 0 Å². The molecule has 1 aromatic rings.